The van der Waals surface area contributed by atoms with Crippen LogP contribution < -0.4 is 4.74 Å². The van der Waals surface area contributed by atoms with E-state index in [1.54, 1.807) is 13.2 Å². The molecule has 2 rings (SSSR count). The molecule has 0 heterocycles. The molecule has 0 aromatic heterocycles. The van der Waals surface area contributed by atoms with Gasteiger partial charge in [-0.3, -0.25) is 0 Å². The Balaban J connectivity index is 2.31. The molecule has 1 atom stereocenters. The summed E-state index contributed by atoms with van der Waals surface area (Å²) in [6.07, 6.45) is 0.699. The highest BCUT2D eigenvalue weighted by Crippen LogP contribution is 2.39. The lowest BCUT2D eigenvalue weighted by atomic mass is 10.0. The molecule has 0 amide bonds. The van der Waals surface area contributed by atoms with Crippen molar-refractivity contribution < 1.29 is 4.74 Å². The molecule has 1 nitrogen and oxygen atoms in total. The lowest BCUT2D eigenvalue weighted by Crippen LogP contribution is -2.00. The molecule has 2 aromatic carbocycles. The van der Waals surface area contributed by atoms with E-state index in [0.29, 0.717) is 11.4 Å². The summed E-state index contributed by atoms with van der Waals surface area (Å²) in [6.45, 7) is 0. The summed E-state index contributed by atoms with van der Waals surface area (Å²) in [7, 11) is 1.63. The van der Waals surface area contributed by atoms with Gasteiger partial charge in [-0.25, -0.2) is 0 Å². The van der Waals surface area contributed by atoms with E-state index < -0.39 is 0 Å². The normalized spacial score (nSPS) is 12.2. The van der Waals surface area contributed by atoms with Gasteiger partial charge in [0, 0.05) is 15.1 Å². The van der Waals surface area contributed by atoms with Crippen LogP contribution in [0.3, 0.4) is 0 Å². The van der Waals surface area contributed by atoms with Gasteiger partial charge in [-0.05, 0) is 52.2 Å². The highest BCUT2D eigenvalue weighted by atomic mass is 79.9. The molecule has 0 saturated heterocycles. The predicted octanol–water partition coefficient (Wildman–Crippen LogP) is 6.40. The largest absolute Gasteiger partial charge is 0.495 e. The minimum absolute atomic E-state index is 0.214. The van der Waals surface area contributed by atoms with Gasteiger partial charge < -0.3 is 4.74 Å². The van der Waals surface area contributed by atoms with Crippen molar-refractivity contribution in [2.24, 2.45) is 0 Å². The minimum Gasteiger partial charge on any atom is -0.495 e. The summed E-state index contributed by atoms with van der Waals surface area (Å²) in [5.74, 6) is 0.726. The van der Waals surface area contributed by atoms with Crippen LogP contribution in [0.1, 0.15) is 16.5 Å². The Morgan fingerprint density at radius 2 is 1.95 bits per heavy atom. The van der Waals surface area contributed by atoms with Crippen molar-refractivity contribution in [2.75, 3.05) is 7.11 Å². The molecule has 0 aliphatic heterocycles. The van der Waals surface area contributed by atoms with Gasteiger partial charge in [-0.15, -0.1) is 11.6 Å². The average Bonchev–Trinajstić information content (AvgIpc) is 2.37. The lowest BCUT2D eigenvalue weighted by molar-refractivity contribution is 0.406. The van der Waals surface area contributed by atoms with Crippen molar-refractivity contribution in [1.29, 1.82) is 0 Å². The smallest absolute Gasteiger partial charge is 0.137 e. The van der Waals surface area contributed by atoms with E-state index in [1.807, 2.05) is 24.3 Å². The molecule has 0 aliphatic rings. The van der Waals surface area contributed by atoms with Gasteiger partial charge in [0.2, 0.25) is 0 Å². The van der Waals surface area contributed by atoms with Gasteiger partial charge in [0.1, 0.15) is 5.75 Å². The van der Waals surface area contributed by atoms with Crippen LogP contribution in [-0.4, -0.2) is 7.11 Å². The maximum absolute atomic E-state index is 6.55. The standard InChI is InChI=1S/C15H12Br2Cl2O/c1-20-15-12(7-11(18)8-13(15)17)14(19)6-9-3-2-4-10(16)5-9/h2-5,7-8,14H,6H2,1H3. The Hall–Kier alpha value is -0.220. The third-order valence-corrected chi connectivity index (χ3v) is 4.57. The van der Waals surface area contributed by atoms with Crippen LogP contribution >= 0.6 is 55.1 Å². The maximum atomic E-state index is 6.55. The van der Waals surface area contributed by atoms with Gasteiger partial charge in [-0.1, -0.05) is 39.7 Å². The molecule has 0 N–H and O–H groups in total. The van der Waals surface area contributed by atoms with Gasteiger partial charge in [0.25, 0.3) is 0 Å². The number of hydrogen-bond acceptors (Lipinski definition) is 1. The second kappa shape index (κ2) is 7.17. The molecule has 0 saturated carbocycles. The third-order valence-electron chi connectivity index (χ3n) is 2.88. The van der Waals surface area contributed by atoms with Crippen molar-refractivity contribution in [2.45, 2.75) is 11.8 Å². The molecule has 0 fully saturated rings. The Morgan fingerprint density at radius 3 is 2.60 bits per heavy atom. The van der Waals surface area contributed by atoms with Crippen LogP contribution in [0.25, 0.3) is 0 Å². The fourth-order valence-corrected chi connectivity index (χ4v) is 3.79. The summed E-state index contributed by atoms with van der Waals surface area (Å²) in [4.78, 5) is 0. The van der Waals surface area contributed by atoms with Gasteiger partial charge in [0.15, 0.2) is 0 Å². The van der Waals surface area contributed by atoms with Crippen LogP contribution in [0.4, 0.5) is 0 Å². The zero-order chi connectivity index (χ0) is 14.7. The number of halogens is 4. The van der Waals surface area contributed by atoms with Crippen molar-refractivity contribution in [3.05, 3.63) is 61.5 Å². The molecule has 106 valence electrons. The molecule has 20 heavy (non-hydrogen) atoms. The van der Waals surface area contributed by atoms with Crippen molar-refractivity contribution in [3.8, 4) is 5.75 Å². The first-order chi connectivity index (χ1) is 9.51. The monoisotopic (exact) mass is 436 g/mol. The van der Waals surface area contributed by atoms with Crippen LogP contribution in [0.15, 0.2) is 45.3 Å². The molecular formula is C15H12Br2Cl2O. The summed E-state index contributed by atoms with van der Waals surface area (Å²) in [5, 5.41) is 0.418. The molecular weight excluding hydrogens is 427 g/mol. The SMILES string of the molecule is COc1c(Br)cc(Cl)cc1C(Cl)Cc1cccc(Br)c1. The van der Waals surface area contributed by atoms with Crippen molar-refractivity contribution in [1.82, 2.24) is 0 Å². The van der Waals surface area contributed by atoms with Gasteiger partial charge >= 0.3 is 0 Å². The van der Waals surface area contributed by atoms with E-state index in [-0.39, 0.29) is 5.38 Å². The quantitative estimate of drug-likeness (QED) is 0.502. The Bertz CT molecular complexity index is 617. The number of benzene rings is 2. The molecule has 0 spiro atoms. The zero-order valence-corrected chi connectivity index (χ0v) is 15.4. The lowest BCUT2D eigenvalue weighted by Gasteiger charge is -2.16. The summed E-state index contributed by atoms with van der Waals surface area (Å²) >= 11 is 19.6. The molecule has 2 aromatic rings. The van der Waals surface area contributed by atoms with E-state index in [4.69, 9.17) is 27.9 Å². The Labute approximate surface area is 145 Å². The number of rotatable bonds is 4. The summed E-state index contributed by atoms with van der Waals surface area (Å²) < 4.78 is 7.26. The van der Waals surface area contributed by atoms with Crippen LogP contribution in [0.5, 0.6) is 5.75 Å². The van der Waals surface area contributed by atoms with Crippen LogP contribution in [0, 0.1) is 0 Å². The molecule has 0 bridgehead atoms. The zero-order valence-electron chi connectivity index (χ0n) is 10.7. The first-order valence-corrected chi connectivity index (χ1v) is 8.32. The minimum atomic E-state index is -0.214. The second-order valence-electron chi connectivity index (χ2n) is 4.31. The first-order valence-electron chi connectivity index (χ1n) is 5.92. The van der Waals surface area contributed by atoms with E-state index in [2.05, 4.69) is 37.9 Å². The highest BCUT2D eigenvalue weighted by molar-refractivity contribution is 9.10. The Morgan fingerprint density at radius 1 is 1.20 bits per heavy atom. The van der Waals surface area contributed by atoms with Gasteiger partial charge in [0.05, 0.1) is 17.0 Å². The van der Waals surface area contributed by atoms with Crippen LogP contribution in [0.2, 0.25) is 5.02 Å². The average molecular weight is 439 g/mol. The molecule has 1 unspecified atom stereocenters. The fourth-order valence-electron chi connectivity index (χ4n) is 2.01. The summed E-state index contributed by atoms with van der Waals surface area (Å²) in [5.41, 5.74) is 2.03. The number of methoxy groups -OCH3 is 1. The van der Waals surface area contributed by atoms with Crippen molar-refractivity contribution in [3.63, 3.8) is 0 Å². The summed E-state index contributed by atoms with van der Waals surface area (Å²) in [6, 6.07) is 11.7. The fraction of sp³-hybridized carbons (Fsp3) is 0.200. The second-order valence-corrected chi connectivity index (χ2v) is 7.04. The first kappa shape index (κ1) is 16.2. The van der Waals surface area contributed by atoms with Gasteiger partial charge in [-0.2, -0.15) is 0 Å². The topological polar surface area (TPSA) is 9.23 Å². The number of hydrogen-bond donors (Lipinski definition) is 0. The molecule has 0 aliphatic carbocycles. The Kier molecular flexibility index (Phi) is 5.79. The maximum Gasteiger partial charge on any atom is 0.137 e. The van der Waals surface area contributed by atoms with Crippen molar-refractivity contribution >= 4 is 55.1 Å². The van der Waals surface area contributed by atoms with Crippen LogP contribution in [-0.2, 0) is 6.42 Å². The number of ether oxygens (including phenoxy) is 1. The molecule has 0 radical (unpaired) electrons. The predicted molar refractivity (Wildman–Crippen MR) is 92.1 cm³/mol. The van der Waals surface area contributed by atoms with E-state index in [1.165, 1.54) is 0 Å². The van der Waals surface area contributed by atoms with E-state index in [9.17, 15) is 0 Å². The molecule has 5 heteroatoms. The number of alkyl halides is 1. The third kappa shape index (κ3) is 3.91. The van der Waals surface area contributed by atoms with E-state index in [0.717, 1.165) is 25.8 Å². The van der Waals surface area contributed by atoms with E-state index >= 15 is 0 Å². The highest BCUT2D eigenvalue weighted by Gasteiger charge is 2.17.